The van der Waals surface area contributed by atoms with Crippen LogP contribution in [-0.4, -0.2) is 12.5 Å². The van der Waals surface area contributed by atoms with Gasteiger partial charge in [0.15, 0.2) is 11.6 Å². The Kier molecular flexibility index (Phi) is 6.07. The fourth-order valence-corrected chi connectivity index (χ4v) is 2.27. The van der Waals surface area contributed by atoms with Crippen LogP contribution in [0, 0.1) is 11.6 Å². The standard InChI is InChI=1S/C17H17ClF2N2O/c1-11(13-5-6-15(19)16(20)8-13)21-10-17(23)22-9-12-3-2-4-14(18)7-12/h2-8,11,21H,9-10H2,1H3,(H,22,23)/t11-/m0/s1. The number of benzene rings is 2. The molecule has 0 unspecified atom stereocenters. The van der Waals surface area contributed by atoms with E-state index in [1.807, 2.05) is 12.1 Å². The number of hydrogen-bond donors (Lipinski definition) is 2. The molecule has 0 bridgehead atoms. The van der Waals surface area contributed by atoms with Crippen molar-refractivity contribution in [2.24, 2.45) is 0 Å². The first-order valence-electron chi connectivity index (χ1n) is 7.15. The summed E-state index contributed by atoms with van der Waals surface area (Å²) in [5.41, 5.74) is 1.48. The van der Waals surface area contributed by atoms with E-state index in [2.05, 4.69) is 10.6 Å². The molecule has 2 rings (SSSR count). The topological polar surface area (TPSA) is 41.1 Å². The molecular weight excluding hydrogens is 322 g/mol. The van der Waals surface area contributed by atoms with E-state index in [-0.39, 0.29) is 18.5 Å². The first-order valence-corrected chi connectivity index (χ1v) is 7.53. The van der Waals surface area contributed by atoms with Gasteiger partial charge in [-0.3, -0.25) is 4.79 Å². The van der Waals surface area contributed by atoms with Gasteiger partial charge in [0.2, 0.25) is 5.91 Å². The van der Waals surface area contributed by atoms with Gasteiger partial charge in [0.25, 0.3) is 0 Å². The molecule has 0 radical (unpaired) electrons. The van der Waals surface area contributed by atoms with Gasteiger partial charge in [-0.15, -0.1) is 0 Å². The minimum Gasteiger partial charge on any atom is -0.351 e. The highest BCUT2D eigenvalue weighted by molar-refractivity contribution is 6.30. The van der Waals surface area contributed by atoms with E-state index < -0.39 is 11.6 Å². The number of nitrogens with one attached hydrogen (secondary N) is 2. The molecule has 0 spiro atoms. The quantitative estimate of drug-likeness (QED) is 0.845. The van der Waals surface area contributed by atoms with E-state index in [0.29, 0.717) is 17.1 Å². The van der Waals surface area contributed by atoms with Crippen molar-refractivity contribution in [3.8, 4) is 0 Å². The van der Waals surface area contributed by atoms with Crippen LogP contribution in [0.5, 0.6) is 0 Å². The number of carbonyl (C=O) groups is 1. The van der Waals surface area contributed by atoms with Gasteiger partial charge in [-0.2, -0.15) is 0 Å². The van der Waals surface area contributed by atoms with Crippen LogP contribution in [0.4, 0.5) is 8.78 Å². The summed E-state index contributed by atoms with van der Waals surface area (Å²) in [6, 6.07) is 10.6. The first kappa shape index (κ1) is 17.4. The number of hydrogen-bond acceptors (Lipinski definition) is 2. The highest BCUT2D eigenvalue weighted by atomic mass is 35.5. The van der Waals surface area contributed by atoms with Crippen molar-refractivity contribution in [2.45, 2.75) is 19.5 Å². The molecule has 0 aromatic heterocycles. The molecule has 0 aliphatic rings. The molecule has 2 aromatic rings. The van der Waals surface area contributed by atoms with Crippen LogP contribution >= 0.6 is 11.6 Å². The third-order valence-electron chi connectivity index (χ3n) is 3.39. The van der Waals surface area contributed by atoms with Crippen molar-refractivity contribution in [3.05, 3.63) is 70.2 Å². The SMILES string of the molecule is C[C@H](NCC(=O)NCc1cccc(Cl)c1)c1ccc(F)c(F)c1. The summed E-state index contributed by atoms with van der Waals surface area (Å²) in [6.07, 6.45) is 0. The average molecular weight is 339 g/mol. The van der Waals surface area contributed by atoms with Crippen LogP contribution < -0.4 is 10.6 Å². The van der Waals surface area contributed by atoms with Gasteiger partial charge in [0, 0.05) is 17.6 Å². The van der Waals surface area contributed by atoms with Gasteiger partial charge in [-0.1, -0.05) is 29.8 Å². The number of rotatable bonds is 6. The molecule has 122 valence electrons. The van der Waals surface area contributed by atoms with Crippen LogP contribution in [0.3, 0.4) is 0 Å². The lowest BCUT2D eigenvalue weighted by Crippen LogP contribution is -2.34. The zero-order valence-corrected chi connectivity index (χ0v) is 13.3. The minimum atomic E-state index is -0.901. The second-order valence-corrected chi connectivity index (χ2v) is 5.62. The Morgan fingerprint density at radius 2 is 1.96 bits per heavy atom. The van der Waals surface area contributed by atoms with Gasteiger partial charge in [0.05, 0.1) is 6.54 Å². The molecule has 0 saturated heterocycles. The number of amides is 1. The largest absolute Gasteiger partial charge is 0.351 e. The lowest BCUT2D eigenvalue weighted by atomic mass is 10.1. The number of carbonyl (C=O) groups excluding carboxylic acids is 1. The first-order chi connectivity index (χ1) is 11.0. The molecule has 2 N–H and O–H groups in total. The molecule has 1 amide bonds. The maximum absolute atomic E-state index is 13.2. The highest BCUT2D eigenvalue weighted by Crippen LogP contribution is 2.15. The normalized spacial score (nSPS) is 12.0. The summed E-state index contributed by atoms with van der Waals surface area (Å²) in [5.74, 6) is -1.99. The van der Waals surface area contributed by atoms with Gasteiger partial charge in [0.1, 0.15) is 0 Å². The lowest BCUT2D eigenvalue weighted by molar-refractivity contribution is -0.120. The van der Waals surface area contributed by atoms with E-state index in [1.54, 1.807) is 19.1 Å². The predicted molar refractivity (Wildman–Crippen MR) is 86.1 cm³/mol. The highest BCUT2D eigenvalue weighted by Gasteiger charge is 2.10. The summed E-state index contributed by atoms with van der Waals surface area (Å²) in [5, 5.41) is 6.34. The Bertz CT molecular complexity index is 694. The smallest absolute Gasteiger partial charge is 0.234 e. The lowest BCUT2D eigenvalue weighted by Gasteiger charge is -2.14. The molecule has 23 heavy (non-hydrogen) atoms. The van der Waals surface area contributed by atoms with Gasteiger partial charge < -0.3 is 10.6 Å². The van der Waals surface area contributed by atoms with Crippen molar-refractivity contribution in [2.75, 3.05) is 6.54 Å². The van der Waals surface area contributed by atoms with E-state index >= 15 is 0 Å². The van der Waals surface area contributed by atoms with Crippen LogP contribution in [-0.2, 0) is 11.3 Å². The van der Waals surface area contributed by atoms with Crippen molar-refractivity contribution < 1.29 is 13.6 Å². The molecule has 0 aliphatic carbocycles. The van der Waals surface area contributed by atoms with E-state index in [4.69, 9.17) is 11.6 Å². The van der Waals surface area contributed by atoms with Gasteiger partial charge in [-0.05, 0) is 42.3 Å². The zero-order valence-electron chi connectivity index (χ0n) is 12.6. The van der Waals surface area contributed by atoms with Crippen molar-refractivity contribution in [1.29, 1.82) is 0 Å². The third kappa shape index (κ3) is 5.30. The second kappa shape index (κ2) is 8.04. The van der Waals surface area contributed by atoms with Gasteiger partial charge >= 0.3 is 0 Å². The summed E-state index contributed by atoms with van der Waals surface area (Å²) in [4.78, 5) is 11.8. The Morgan fingerprint density at radius 1 is 1.17 bits per heavy atom. The Labute approximate surface area is 138 Å². The predicted octanol–water partition coefficient (Wildman–Crippen LogP) is 3.59. The van der Waals surface area contributed by atoms with Crippen LogP contribution in [0.2, 0.25) is 5.02 Å². The van der Waals surface area contributed by atoms with E-state index in [0.717, 1.165) is 17.7 Å². The molecule has 6 heteroatoms. The maximum atomic E-state index is 13.2. The molecule has 0 aliphatic heterocycles. The molecule has 0 fully saturated rings. The molecule has 1 atom stereocenters. The van der Waals surface area contributed by atoms with Crippen LogP contribution in [0.25, 0.3) is 0 Å². The Balaban J connectivity index is 1.80. The fraction of sp³-hybridized carbons (Fsp3) is 0.235. The van der Waals surface area contributed by atoms with Crippen molar-refractivity contribution >= 4 is 17.5 Å². The van der Waals surface area contributed by atoms with E-state index in [9.17, 15) is 13.6 Å². The summed E-state index contributed by atoms with van der Waals surface area (Å²) < 4.78 is 26.1. The third-order valence-corrected chi connectivity index (χ3v) is 3.63. The number of halogens is 3. The van der Waals surface area contributed by atoms with Crippen LogP contribution in [0.1, 0.15) is 24.1 Å². The van der Waals surface area contributed by atoms with Crippen molar-refractivity contribution in [1.82, 2.24) is 10.6 Å². The molecular formula is C17H17ClF2N2O. The fourth-order valence-electron chi connectivity index (χ4n) is 2.06. The summed E-state index contributed by atoms with van der Waals surface area (Å²) in [7, 11) is 0. The van der Waals surface area contributed by atoms with Gasteiger partial charge in [-0.25, -0.2) is 8.78 Å². The molecule has 0 saturated carbocycles. The molecule has 3 nitrogen and oxygen atoms in total. The Morgan fingerprint density at radius 3 is 2.65 bits per heavy atom. The summed E-state index contributed by atoms with van der Waals surface area (Å²) in [6.45, 7) is 2.22. The van der Waals surface area contributed by atoms with Crippen molar-refractivity contribution in [3.63, 3.8) is 0 Å². The zero-order chi connectivity index (χ0) is 16.8. The summed E-state index contributed by atoms with van der Waals surface area (Å²) >= 11 is 5.87. The minimum absolute atomic E-state index is 0.0702. The molecule has 0 heterocycles. The Hall–Kier alpha value is -1.98. The van der Waals surface area contributed by atoms with Crippen LogP contribution in [0.15, 0.2) is 42.5 Å². The molecule has 2 aromatic carbocycles. The van der Waals surface area contributed by atoms with E-state index in [1.165, 1.54) is 6.07 Å². The average Bonchev–Trinajstić information content (AvgIpc) is 2.53. The maximum Gasteiger partial charge on any atom is 0.234 e. The second-order valence-electron chi connectivity index (χ2n) is 5.18. The monoisotopic (exact) mass is 338 g/mol.